The molecule has 0 saturated heterocycles. The summed E-state index contributed by atoms with van der Waals surface area (Å²) in [6.45, 7) is 14.1. The van der Waals surface area contributed by atoms with Crippen LogP contribution in [0.4, 0.5) is 4.39 Å². The van der Waals surface area contributed by atoms with Gasteiger partial charge in [0.1, 0.15) is 22.9 Å². The van der Waals surface area contributed by atoms with E-state index in [2.05, 4.69) is 6.08 Å². The largest absolute Gasteiger partial charge is 0.493 e. The zero-order valence-corrected chi connectivity index (χ0v) is 19.6. The normalized spacial score (nSPS) is 16.3. The van der Waals surface area contributed by atoms with E-state index >= 15 is 4.39 Å². The van der Waals surface area contributed by atoms with E-state index in [1.807, 2.05) is 46.8 Å². The Hall–Kier alpha value is -2.82. The summed E-state index contributed by atoms with van der Waals surface area (Å²) in [5, 5.41) is 0. The lowest BCUT2D eigenvalue weighted by molar-refractivity contribution is -0.137. The molecular weight excluding hydrogens is 395 g/mol. The van der Waals surface area contributed by atoms with Gasteiger partial charge in [0.2, 0.25) is 0 Å². The van der Waals surface area contributed by atoms with Crippen LogP contribution in [0.1, 0.15) is 66.0 Å². The predicted molar refractivity (Wildman–Crippen MR) is 124 cm³/mol. The van der Waals surface area contributed by atoms with Gasteiger partial charge in [-0.1, -0.05) is 13.0 Å². The molecule has 168 valence electrons. The molecule has 0 spiro atoms. The van der Waals surface area contributed by atoms with Crippen LogP contribution in [-0.4, -0.2) is 24.8 Å². The van der Waals surface area contributed by atoms with Crippen LogP contribution in [0.15, 0.2) is 47.8 Å². The fraction of sp³-hybridized carbons (Fsp3) is 0.423. The maximum Gasteiger partial charge on any atom is 0.330 e. The van der Waals surface area contributed by atoms with Crippen molar-refractivity contribution in [2.75, 3.05) is 13.2 Å². The lowest BCUT2D eigenvalue weighted by atomic mass is 9.91. The highest BCUT2D eigenvalue weighted by atomic mass is 19.1. The zero-order valence-electron chi connectivity index (χ0n) is 19.6. The van der Waals surface area contributed by atoms with Crippen molar-refractivity contribution in [2.24, 2.45) is 0 Å². The van der Waals surface area contributed by atoms with Crippen LogP contribution in [0.25, 0.3) is 11.1 Å². The number of esters is 1. The third-order valence-corrected chi connectivity index (χ3v) is 4.84. The van der Waals surface area contributed by atoms with E-state index in [1.54, 1.807) is 19.9 Å². The molecule has 0 unspecified atom stereocenters. The first kappa shape index (κ1) is 24.4. The molecule has 0 radical (unpaired) electrons. The first-order chi connectivity index (χ1) is 14.6. The van der Waals surface area contributed by atoms with Crippen LogP contribution in [0.3, 0.4) is 0 Å². The molecular formula is C26H33FO4. The summed E-state index contributed by atoms with van der Waals surface area (Å²) in [5.74, 6) is 0.504. The van der Waals surface area contributed by atoms with Crippen molar-refractivity contribution < 1.29 is 23.4 Å². The topological polar surface area (TPSA) is 44.8 Å². The van der Waals surface area contributed by atoms with Crippen molar-refractivity contribution >= 4 is 17.1 Å². The highest BCUT2D eigenvalue weighted by Gasteiger charge is 2.27. The Kier molecular flexibility index (Phi) is 8.26. The number of allylic oxidation sites excluding steroid dienone is 6. The molecule has 0 fully saturated rings. The molecule has 1 aromatic rings. The Labute approximate surface area is 185 Å². The maximum absolute atomic E-state index is 15.2. The SMILES string of the molecule is CCOC(=O)/C=C(C)/C=C/C(F)=C(/CC)c1cc2c(cc1OCC)OC(C)(C)C=C2C. The molecule has 0 bridgehead atoms. The Morgan fingerprint density at radius 1 is 1.16 bits per heavy atom. The molecule has 31 heavy (non-hydrogen) atoms. The van der Waals surface area contributed by atoms with E-state index in [-0.39, 0.29) is 5.83 Å². The zero-order chi connectivity index (χ0) is 23.2. The quantitative estimate of drug-likeness (QED) is 0.259. The van der Waals surface area contributed by atoms with Crippen molar-refractivity contribution in [3.05, 3.63) is 59.0 Å². The number of rotatable bonds is 8. The van der Waals surface area contributed by atoms with E-state index in [4.69, 9.17) is 14.2 Å². The monoisotopic (exact) mass is 428 g/mol. The number of hydrogen-bond donors (Lipinski definition) is 0. The Bertz CT molecular complexity index is 948. The lowest BCUT2D eigenvalue weighted by Crippen LogP contribution is -2.28. The number of carbonyl (C=O) groups excluding carboxylic acids is 1. The summed E-state index contributed by atoms with van der Waals surface area (Å²) in [6.07, 6.45) is 6.83. The average Bonchev–Trinajstić information content (AvgIpc) is 2.67. The number of fused-ring (bicyclic) bond motifs is 1. The Morgan fingerprint density at radius 3 is 2.48 bits per heavy atom. The molecule has 0 N–H and O–H groups in total. The number of ether oxygens (including phenoxy) is 3. The first-order valence-electron chi connectivity index (χ1n) is 10.7. The molecule has 0 aromatic heterocycles. The van der Waals surface area contributed by atoms with Crippen LogP contribution in [0.2, 0.25) is 0 Å². The van der Waals surface area contributed by atoms with Crippen molar-refractivity contribution in [1.82, 2.24) is 0 Å². The van der Waals surface area contributed by atoms with Crippen molar-refractivity contribution in [3.63, 3.8) is 0 Å². The third kappa shape index (κ3) is 6.33. The minimum absolute atomic E-state index is 0.299. The second-order valence-electron chi connectivity index (χ2n) is 7.96. The molecule has 2 rings (SSSR count). The molecule has 1 heterocycles. The van der Waals surface area contributed by atoms with Crippen LogP contribution >= 0.6 is 0 Å². The van der Waals surface area contributed by atoms with Crippen molar-refractivity contribution in [1.29, 1.82) is 0 Å². The minimum Gasteiger partial charge on any atom is -0.493 e. The van der Waals surface area contributed by atoms with Gasteiger partial charge < -0.3 is 14.2 Å². The highest BCUT2D eigenvalue weighted by molar-refractivity contribution is 5.83. The van der Waals surface area contributed by atoms with Crippen LogP contribution in [0.5, 0.6) is 11.5 Å². The van der Waals surface area contributed by atoms with E-state index in [0.29, 0.717) is 42.1 Å². The molecule has 5 heteroatoms. The van der Waals surface area contributed by atoms with Crippen LogP contribution in [-0.2, 0) is 9.53 Å². The molecule has 0 atom stereocenters. The van der Waals surface area contributed by atoms with E-state index < -0.39 is 11.6 Å². The van der Waals surface area contributed by atoms with Gasteiger partial charge in [0, 0.05) is 23.3 Å². The van der Waals surface area contributed by atoms with Gasteiger partial charge in [-0.3, -0.25) is 0 Å². The standard InChI is InChI=1S/C26H33FO4/c1-8-19(22(27)12-11-17(4)13-25(28)30-10-3)21-14-20-18(5)16-26(6,7)31-24(20)15-23(21)29-9-2/h11-16H,8-10H2,1-7H3/b12-11+,17-13+,22-19+. The number of carbonyl (C=O) groups is 1. The third-order valence-electron chi connectivity index (χ3n) is 4.84. The fourth-order valence-corrected chi connectivity index (χ4v) is 3.59. The van der Waals surface area contributed by atoms with Gasteiger partial charge in [-0.15, -0.1) is 0 Å². The van der Waals surface area contributed by atoms with Crippen LogP contribution < -0.4 is 9.47 Å². The van der Waals surface area contributed by atoms with Crippen LogP contribution in [0, 0.1) is 0 Å². The van der Waals surface area contributed by atoms with Gasteiger partial charge in [0.25, 0.3) is 0 Å². The van der Waals surface area contributed by atoms with E-state index in [9.17, 15) is 4.79 Å². The molecule has 4 nitrogen and oxygen atoms in total. The Morgan fingerprint density at radius 2 is 1.87 bits per heavy atom. The van der Waals surface area contributed by atoms with Gasteiger partial charge in [-0.05, 0) is 82.9 Å². The molecule has 1 aliphatic rings. The fourth-order valence-electron chi connectivity index (χ4n) is 3.59. The summed E-state index contributed by atoms with van der Waals surface area (Å²) in [4.78, 5) is 11.6. The number of halogens is 1. The van der Waals surface area contributed by atoms with Gasteiger partial charge in [-0.25, -0.2) is 9.18 Å². The molecule has 0 aliphatic carbocycles. The number of benzene rings is 1. The minimum atomic E-state index is -0.441. The summed E-state index contributed by atoms with van der Waals surface area (Å²) >= 11 is 0. The smallest absolute Gasteiger partial charge is 0.330 e. The summed E-state index contributed by atoms with van der Waals surface area (Å²) in [6, 6.07) is 3.79. The van der Waals surface area contributed by atoms with Gasteiger partial charge in [-0.2, -0.15) is 0 Å². The highest BCUT2D eigenvalue weighted by Crippen LogP contribution is 2.43. The van der Waals surface area contributed by atoms with Gasteiger partial charge in [0.05, 0.1) is 13.2 Å². The summed E-state index contributed by atoms with van der Waals surface area (Å²) in [7, 11) is 0. The van der Waals surface area contributed by atoms with Gasteiger partial charge >= 0.3 is 5.97 Å². The van der Waals surface area contributed by atoms with E-state index in [1.165, 1.54) is 12.2 Å². The van der Waals surface area contributed by atoms with Gasteiger partial charge in [0.15, 0.2) is 0 Å². The van der Waals surface area contributed by atoms with Crippen molar-refractivity contribution in [2.45, 2.75) is 60.5 Å². The molecule has 1 aromatic carbocycles. The molecule has 1 aliphatic heterocycles. The first-order valence-corrected chi connectivity index (χ1v) is 10.7. The maximum atomic E-state index is 15.2. The predicted octanol–water partition coefficient (Wildman–Crippen LogP) is 6.82. The summed E-state index contributed by atoms with van der Waals surface area (Å²) in [5.41, 5.74) is 3.43. The van der Waals surface area contributed by atoms with E-state index in [0.717, 1.165) is 16.9 Å². The Balaban J connectivity index is 2.51. The second kappa shape index (κ2) is 10.5. The molecule has 0 saturated carbocycles. The average molecular weight is 429 g/mol. The number of hydrogen-bond acceptors (Lipinski definition) is 4. The molecule has 0 amide bonds. The lowest BCUT2D eigenvalue weighted by Gasteiger charge is -2.31. The second-order valence-corrected chi connectivity index (χ2v) is 7.96. The van der Waals surface area contributed by atoms with Crippen molar-refractivity contribution in [3.8, 4) is 11.5 Å². The summed E-state index contributed by atoms with van der Waals surface area (Å²) < 4.78 is 32.1.